The molecule has 2 aliphatic carbocycles. The normalized spacial score (nSPS) is 34.6. The number of morpholine rings is 1. The molecule has 4 aliphatic rings. The molecule has 1 saturated heterocycles. The van der Waals surface area contributed by atoms with E-state index in [9.17, 15) is 13.2 Å². The second-order valence-corrected chi connectivity index (χ2v) is 14.5. The van der Waals surface area contributed by atoms with Crippen LogP contribution in [0, 0.1) is 22.7 Å². The summed E-state index contributed by atoms with van der Waals surface area (Å²) >= 11 is 0. The highest BCUT2D eigenvalue weighted by Gasteiger charge is 2.62. The van der Waals surface area contributed by atoms with Crippen molar-refractivity contribution in [1.82, 2.24) is 4.90 Å². The van der Waals surface area contributed by atoms with E-state index in [0.29, 0.717) is 48.6 Å². The maximum Gasteiger partial charge on any atom is 0.260 e. The van der Waals surface area contributed by atoms with Crippen molar-refractivity contribution in [3.05, 3.63) is 17.7 Å². The highest BCUT2D eigenvalue weighted by atomic mass is 32.2. The molecule has 36 heavy (non-hydrogen) atoms. The molecule has 0 spiro atoms. The Hall–Kier alpha value is -1.80. The van der Waals surface area contributed by atoms with Crippen molar-refractivity contribution in [2.24, 2.45) is 22.7 Å². The van der Waals surface area contributed by atoms with Crippen LogP contribution in [-0.4, -0.2) is 65.0 Å². The highest BCUT2D eigenvalue weighted by Crippen LogP contribution is 2.67. The average Bonchev–Trinajstić information content (AvgIpc) is 2.83. The lowest BCUT2D eigenvalue weighted by molar-refractivity contribution is -0.137. The van der Waals surface area contributed by atoms with Crippen LogP contribution in [-0.2, 0) is 24.8 Å². The molecule has 2 saturated carbocycles. The van der Waals surface area contributed by atoms with E-state index in [-0.39, 0.29) is 40.4 Å². The Balaban J connectivity index is 1.51. The van der Waals surface area contributed by atoms with Crippen molar-refractivity contribution in [2.75, 3.05) is 45.8 Å². The highest BCUT2D eigenvalue weighted by molar-refractivity contribution is 7.91. The predicted octanol–water partition coefficient (Wildman–Crippen LogP) is 4.22. The summed E-state index contributed by atoms with van der Waals surface area (Å²) in [6.45, 7) is 11.3. The summed E-state index contributed by atoms with van der Waals surface area (Å²) in [7, 11) is -1.97. The number of ether oxygens (including phenoxy) is 3. The van der Waals surface area contributed by atoms with Crippen LogP contribution in [0.25, 0.3) is 0 Å². The summed E-state index contributed by atoms with van der Waals surface area (Å²) in [4.78, 5) is 14.6. The Morgan fingerprint density at radius 3 is 2.50 bits per heavy atom. The maximum atomic E-state index is 13.9. The smallest absolute Gasteiger partial charge is 0.260 e. The zero-order chi connectivity index (χ0) is 25.9. The van der Waals surface area contributed by atoms with Crippen LogP contribution in [0.3, 0.4) is 0 Å². The molecule has 8 heteroatoms. The first-order chi connectivity index (χ1) is 16.9. The first-order valence-corrected chi connectivity index (χ1v) is 15.0. The van der Waals surface area contributed by atoms with Crippen LogP contribution >= 0.6 is 0 Å². The summed E-state index contributed by atoms with van der Waals surface area (Å²) in [5.74, 6) is 1.47. The van der Waals surface area contributed by atoms with Crippen LogP contribution in [0.5, 0.6) is 11.5 Å². The summed E-state index contributed by atoms with van der Waals surface area (Å²) in [6.07, 6.45) is 5.44. The molecule has 0 bridgehead atoms. The second-order valence-electron chi connectivity index (χ2n) is 12.5. The number of rotatable bonds is 4. The lowest BCUT2D eigenvalue weighted by Crippen LogP contribution is -2.59. The number of carbonyl (C=O) groups is 1. The molecule has 7 nitrogen and oxygen atoms in total. The second kappa shape index (κ2) is 8.90. The molecular weight excluding hydrogens is 478 g/mol. The number of nitrogens with zero attached hydrogens (tertiary/aromatic N) is 1. The van der Waals surface area contributed by atoms with Gasteiger partial charge in [-0.2, -0.15) is 0 Å². The van der Waals surface area contributed by atoms with E-state index in [0.717, 1.165) is 31.2 Å². The molecular formula is C28H41NO6S. The first-order valence-electron chi connectivity index (χ1n) is 13.4. The zero-order valence-corrected chi connectivity index (χ0v) is 23.2. The number of hydrogen-bond donors (Lipinski definition) is 0. The summed E-state index contributed by atoms with van der Waals surface area (Å²) in [6, 6.07) is 3.40. The van der Waals surface area contributed by atoms with Crippen molar-refractivity contribution >= 4 is 15.7 Å². The van der Waals surface area contributed by atoms with E-state index in [1.54, 1.807) is 24.1 Å². The topological polar surface area (TPSA) is 82.1 Å². The van der Waals surface area contributed by atoms with Gasteiger partial charge >= 0.3 is 0 Å². The first kappa shape index (κ1) is 25.8. The van der Waals surface area contributed by atoms with Crippen LogP contribution < -0.4 is 9.47 Å². The van der Waals surface area contributed by atoms with Crippen molar-refractivity contribution in [3.63, 3.8) is 0 Å². The molecule has 1 amide bonds. The van der Waals surface area contributed by atoms with Crippen LogP contribution in [0.15, 0.2) is 17.0 Å². The Kier molecular flexibility index (Phi) is 6.38. The number of fused-ring (bicyclic) bond motifs is 5. The SMILES string of the molecule is COc1cc(OCC(=O)N2CCOCC2)cc2c1C1(C)CCC3C(C)(C)CCCC3(C)C1CS2(=O)=O. The van der Waals surface area contributed by atoms with E-state index in [4.69, 9.17) is 14.2 Å². The lowest BCUT2D eigenvalue weighted by atomic mass is 9.43. The number of hydrogen-bond acceptors (Lipinski definition) is 6. The molecule has 1 aromatic rings. The van der Waals surface area contributed by atoms with Crippen LogP contribution in [0.4, 0.5) is 0 Å². The minimum atomic E-state index is -3.56. The van der Waals surface area contributed by atoms with Crippen molar-refractivity contribution in [1.29, 1.82) is 0 Å². The fourth-order valence-corrected chi connectivity index (χ4v) is 10.6. The van der Waals surface area contributed by atoms with Crippen molar-refractivity contribution in [3.8, 4) is 11.5 Å². The van der Waals surface area contributed by atoms with Crippen molar-refractivity contribution in [2.45, 2.75) is 70.1 Å². The molecule has 2 aliphatic heterocycles. The summed E-state index contributed by atoms with van der Waals surface area (Å²) < 4.78 is 44.7. The number of methoxy groups -OCH3 is 1. The molecule has 5 rings (SSSR count). The number of benzene rings is 1. The molecule has 1 aromatic carbocycles. The number of sulfone groups is 1. The Bertz CT molecular complexity index is 1140. The maximum absolute atomic E-state index is 13.9. The van der Waals surface area contributed by atoms with Crippen molar-refractivity contribution < 1.29 is 27.4 Å². The van der Waals surface area contributed by atoms with Crippen LogP contribution in [0.2, 0.25) is 0 Å². The molecule has 200 valence electrons. The van der Waals surface area contributed by atoms with Gasteiger partial charge in [-0.1, -0.05) is 34.1 Å². The standard InChI is InChI=1S/C28H41NO6S/c1-26(2)8-6-9-27(3)22(26)7-10-28(4)23(27)18-36(31,32)21-16-19(15-20(33-5)25(21)28)35-17-24(30)29-11-13-34-14-12-29/h15-16,22-23H,6-14,17-18H2,1-5H3. The Morgan fingerprint density at radius 1 is 1.08 bits per heavy atom. The molecule has 0 radical (unpaired) electrons. The third kappa shape index (κ3) is 4.03. The van der Waals surface area contributed by atoms with Gasteiger partial charge < -0.3 is 19.1 Å². The molecule has 4 atom stereocenters. The summed E-state index contributed by atoms with van der Waals surface area (Å²) in [5, 5.41) is 0. The van der Waals surface area contributed by atoms with E-state index in [2.05, 4.69) is 27.7 Å². The molecule has 0 N–H and O–H groups in total. The monoisotopic (exact) mass is 519 g/mol. The third-order valence-corrected chi connectivity index (χ3v) is 11.8. The van der Waals surface area contributed by atoms with Gasteiger partial charge in [0.05, 0.1) is 31.0 Å². The van der Waals surface area contributed by atoms with E-state index < -0.39 is 9.84 Å². The Labute approximate surface area is 215 Å². The van der Waals surface area contributed by atoms with Gasteiger partial charge in [0.15, 0.2) is 16.4 Å². The van der Waals surface area contributed by atoms with E-state index in [1.165, 1.54) is 6.42 Å². The van der Waals surface area contributed by atoms with Gasteiger partial charge in [0.2, 0.25) is 0 Å². The predicted molar refractivity (Wildman–Crippen MR) is 137 cm³/mol. The lowest BCUT2D eigenvalue weighted by Gasteiger charge is -2.63. The van der Waals surface area contributed by atoms with Gasteiger partial charge in [0, 0.05) is 30.1 Å². The summed E-state index contributed by atoms with van der Waals surface area (Å²) in [5.41, 5.74) is 0.681. The fourth-order valence-electron chi connectivity index (χ4n) is 8.30. The molecule has 0 aromatic heterocycles. The van der Waals surface area contributed by atoms with Gasteiger partial charge in [-0.3, -0.25) is 4.79 Å². The quantitative estimate of drug-likeness (QED) is 0.593. The number of amides is 1. The van der Waals surface area contributed by atoms with Gasteiger partial charge in [0.1, 0.15) is 11.5 Å². The molecule has 4 unspecified atom stereocenters. The molecule has 2 heterocycles. The number of carbonyl (C=O) groups excluding carboxylic acids is 1. The van der Waals surface area contributed by atoms with E-state index in [1.807, 2.05) is 0 Å². The fraction of sp³-hybridized carbons (Fsp3) is 0.750. The molecule has 3 fully saturated rings. The largest absolute Gasteiger partial charge is 0.496 e. The third-order valence-electron chi connectivity index (χ3n) is 10.1. The minimum Gasteiger partial charge on any atom is -0.496 e. The average molecular weight is 520 g/mol. The van der Waals surface area contributed by atoms with Gasteiger partial charge in [-0.05, 0) is 54.4 Å². The van der Waals surface area contributed by atoms with Gasteiger partial charge in [-0.25, -0.2) is 8.42 Å². The zero-order valence-electron chi connectivity index (χ0n) is 22.4. The minimum absolute atomic E-state index is 0.0318. The Morgan fingerprint density at radius 2 is 1.81 bits per heavy atom. The van der Waals surface area contributed by atoms with Gasteiger partial charge in [0.25, 0.3) is 5.91 Å². The van der Waals surface area contributed by atoms with E-state index >= 15 is 0 Å². The van der Waals surface area contributed by atoms with Gasteiger partial charge in [-0.15, -0.1) is 0 Å². The van der Waals surface area contributed by atoms with Crippen LogP contribution in [0.1, 0.15) is 65.4 Å².